The van der Waals surface area contributed by atoms with Gasteiger partial charge in [0.1, 0.15) is 11.6 Å². The molecule has 19 heavy (non-hydrogen) atoms. The molecule has 0 unspecified atom stereocenters. The van der Waals surface area contributed by atoms with Gasteiger partial charge in [-0.3, -0.25) is 4.79 Å². The first-order chi connectivity index (χ1) is 9.19. The largest absolute Gasteiger partial charge is 0.484 e. The lowest BCUT2D eigenvalue weighted by molar-refractivity contribution is -0.123. The number of amides is 1. The zero-order chi connectivity index (χ0) is 13.7. The molecule has 1 aromatic carbocycles. The van der Waals surface area contributed by atoms with Crippen molar-refractivity contribution in [3.05, 3.63) is 29.6 Å². The summed E-state index contributed by atoms with van der Waals surface area (Å²) in [4.78, 5) is 11.6. The highest BCUT2D eigenvalue weighted by Gasteiger charge is 2.17. The predicted octanol–water partition coefficient (Wildman–Crippen LogP) is 1.72. The molecule has 1 amide bonds. The Kier molecular flexibility index (Phi) is 4.74. The molecule has 5 heteroatoms. The molecule has 0 heterocycles. The van der Waals surface area contributed by atoms with E-state index in [4.69, 9.17) is 10.5 Å². The molecule has 0 aliphatic heterocycles. The molecule has 1 saturated carbocycles. The first-order valence-corrected chi connectivity index (χ1v) is 6.59. The Labute approximate surface area is 112 Å². The Hall–Kier alpha value is -1.62. The summed E-state index contributed by atoms with van der Waals surface area (Å²) in [5.41, 5.74) is 5.80. The third-order valence-corrected chi connectivity index (χ3v) is 3.33. The second-order valence-electron chi connectivity index (χ2n) is 4.79. The van der Waals surface area contributed by atoms with Crippen LogP contribution in [0.2, 0.25) is 0 Å². The van der Waals surface area contributed by atoms with Crippen LogP contribution in [-0.2, 0) is 11.3 Å². The minimum Gasteiger partial charge on any atom is -0.484 e. The van der Waals surface area contributed by atoms with E-state index in [2.05, 4.69) is 5.32 Å². The highest BCUT2D eigenvalue weighted by molar-refractivity contribution is 5.77. The maximum absolute atomic E-state index is 13.4. The number of nitrogens with one attached hydrogen (secondary N) is 1. The van der Waals surface area contributed by atoms with Crippen molar-refractivity contribution >= 4 is 5.91 Å². The zero-order valence-electron chi connectivity index (χ0n) is 10.8. The van der Waals surface area contributed by atoms with Gasteiger partial charge >= 0.3 is 0 Å². The molecule has 0 radical (unpaired) electrons. The Morgan fingerprint density at radius 1 is 1.42 bits per heavy atom. The average Bonchev–Trinajstić information content (AvgIpc) is 2.89. The summed E-state index contributed by atoms with van der Waals surface area (Å²) >= 11 is 0. The molecule has 1 aliphatic rings. The van der Waals surface area contributed by atoms with Gasteiger partial charge in [-0.05, 0) is 18.9 Å². The molecule has 0 atom stereocenters. The van der Waals surface area contributed by atoms with Crippen molar-refractivity contribution in [3.63, 3.8) is 0 Å². The molecule has 1 fully saturated rings. The maximum atomic E-state index is 13.4. The van der Waals surface area contributed by atoms with Gasteiger partial charge in [0.2, 0.25) is 0 Å². The Balaban J connectivity index is 1.81. The highest BCUT2D eigenvalue weighted by Crippen LogP contribution is 2.18. The van der Waals surface area contributed by atoms with Crippen molar-refractivity contribution in [2.24, 2.45) is 5.73 Å². The number of hydrogen-bond donors (Lipinski definition) is 2. The number of ether oxygens (including phenoxy) is 1. The molecule has 0 spiro atoms. The molecule has 104 valence electrons. The van der Waals surface area contributed by atoms with Gasteiger partial charge in [0.05, 0.1) is 0 Å². The van der Waals surface area contributed by atoms with Gasteiger partial charge in [0.25, 0.3) is 5.91 Å². The molecule has 4 nitrogen and oxygen atoms in total. The SMILES string of the molecule is NCc1ccc(OCC(=O)NC2CCCC2)cc1F. The van der Waals surface area contributed by atoms with Crippen LogP contribution in [-0.4, -0.2) is 18.6 Å². The van der Waals surface area contributed by atoms with E-state index in [9.17, 15) is 9.18 Å². The Morgan fingerprint density at radius 3 is 2.79 bits per heavy atom. The van der Waals surface area contributed by atoms with Crippen LogP contribution in [0.5, 0.6) is 5.75 Å². The first-order valence-electron chi connectivity index (χ1n) is 6.59. The summed E-state index contributed by atoms with van der Waals surface area (Å²) in [6.07, 6.45) is 4.40. The van der Waals surface area contributed by atoms with Crippen molar-refractivity contribution in [3.8, 4) is 5.75 Å². The fraction of sp³-hybridized carbons (Fsp3) is 0.500. The van der Waals surface area contributed by atoms with Crippen LogP contribution in [0.1, 0.15) is 31.2 Å². The average molecular weight is 266 g/mol. The molecule has 0 aromatic heterocycles. The predicted molar refractivity (Wildman–Crippen MR) is 70.2 cm³/mol. The number of rotatable bonds is 5. The van der Waals surface area contributed by atoms with E-state index in [0.29, 0.717) is 11.3 Å². The topological polar surface area (TPSA) is 64.3 Å². The second kappa shape index (κ2) is 6.52. The van der Waals surface area contributed by atoms with Crippen molar-refractivity contribution < 1.29 is 13.9 Å². The van der Waals surface area contributed by atoms with Crippen LogP contribution < -0.4 is 15.8 Å². The van der Waals surface area contributed by atoms with Crippen LogP contribution in [0.3, 0.4) is 0 Å². The first kappa shape index (κ1) is 13.8. The van der Waals surface area contributed by atoms with Crippen molar-refractivity contribution in [1.29, 1.82) is 0 Å². The van der Waals surface area contributed by atoms with Crippen LogP contribution in [0.15, 0.2) is 18.2 Å². The van der Waals surface area contributed by atoms with Crippen LogP contribution in [0.25, 0.3) is 0 Å². The molecule has 2 rings (SSSR count). The van der Waals surface area contributed by atoms with Crippen molar-refractivity contribution in [2.45, 2.75) is 38.3 Å². The lowest BCUT2D eigenvalue weighted by Gasteiger charge is -2.12. The second-order valence-corrected chi connectivity index (χ2v) is 4.79. The number of nitrogens with two attached hydrogens (primary N) is 1. The van der Waals surface area contributed by atoms with Gasteiger partial charge in [0, 0.05) is 24.2 Å². The summed E-state index contributed by atoms with van der Waals surface area (Å²) in [6, 6.07) is 4.71. The number of carbonyl (C=O) groups is 1. The summed E-state index contributed by atoms with van der Waals surface area (Å²) in [7, 11) is 0. The molecule has 0 saturated heterocycles. The molecule has 1 aliphatic carbocycles. The third kappa shape index (κ3) is 3.92. The molecular weight excluding hydrogens is 247 g/mol. The minimum atomic E-state index is -0.406. The van der Waals surface area contributed by atoms with Gasteiger partial charge in [0.15, 0.2) is 6.61 Å². The van der Waals surface area contributed by atoms with E-state index in [1.807, 2.05) is 0 Å². The minimum absolute atomic E-state index is 0.0854. The van der Waals surface area contributed by atoms with Crippen molar-refractivity contribution in [2.75, 3.05) is 6.61 Å². The molecule has 0 bridgehead atoms. The number of benzene rings is 1. The number of hydrogen-bond acceptors (Lipinski definition) is 3. The van der Waals surface area contributed by atoms with Crippen LogP contribution in [0, 0.1) is 5.82 Å². The quantitative estimate of drug-likeness (QED) is 0.853. The van der Waals surface area contributed by atoms with Crippen molar-refractivity contribution in [1.82, 2.24) is 5.32 Å². The standard InChI is InChI=1S/C14H19FN2O2/c15-13-7-12(6-5-10(13)8-16)19-9-14(18)17-11-3-1-2-4-11/h5-7,11H,1-4,8-9,16H2,(H,17,18). The van der Waals surface area contributed by atoms with Gasteiger partial charge in [-0.25, -0.2) is 4.39 Å². The lowest BCUT2D eigenvalue weighted by Crippen LogP contribution is -2.36. The zero-order valence-corrected chi connectivity index (χ0v) is 10.8. The van der Waals surface area contributed by atoms with Gasteiger partial charge in [-0.15, -0.1) is 0 Å². The smallest absolute Gasteiger partial charge is 0.258 e. The third-order valence-electron chi connectivity index (χ3n) is 3.33. The molecule has 1 aromatic rings. The molecular formula is C14H19FN2O2. The van der Waals surface area contributed by atoms with E-state index in [-0.39, 0.29) is 25.1 Å². The summed E-state index contributed by atoms with van der Waals surface area (Å²) in [5, 5.41) is 2.91. The maximum Gasteiger partial charge on any atom is 0.258 e. The lowest BCUT2D eigenvalue weighted by atomic mass is 10.2. The van der Waals surface area contributed by atoms with Crippen LogP contribution in [0.4, 0.5) is 4.39 Å². The molecule has 3 N–H and O–H groups in total. The van der Waals surface area contributed by atoms with E-state index in [0.717, 1.165) is 25.7 Å². The Bertz CT molecular complexity index is 445. The van der Waals surface area contributed by atoms with Gasteiger partial charge < -0.3 is 15.8 Å². The van der Waals surface area contributed by atoms with Gasteiger partial charge in [-0.1, -0.05) is 18.9 Å². The summed E-state index contributed by atoms with van der Waals surface area (Å²) < 4.78 is 18.7. The van der Waals surface area contributed by atoms with Crippen LogP contribution >= 0.6 is 0 Å². The monoisotopic (exact) mass is 266 g/mol. The fourth-order valence-corrected chi connectivity index (χ4v) is 2.27. The van der Waals surface area contributed by atoms with E-state index in [1.165, 1.54) is 6.07 Å². The number of halogens is 1. The fourth-order valence-electron chi connectivity index (χ4n) is 2.27. The van der Waals surface area contributed by atoms with E-state index >= 15 is 0 Å². The summed E-state index contributed by atoms with van der Waals surface area (Å²) in [6.45, 7) is 0.0617. The Morgan fingerprint density at radius 2 is 2.16 bits per heavy atom. The normalized spacial score (nSPS) is 15.5. The van der Waals surface area contributed by atoms with E-state index in [1.54, 1.807) is 12.1 Å². The number of carbonyl (C=O) groups excluding carboxylic acids is 1. The van der Waals surface area contributed by atoms with E-state index < -0.39 is 5.82 Å². The highest BCUT2D eigenvalue weighted by atomic mass is 19.1. The van der Waals surface area contributed by atoms with Gasteiger partial charge in [-0.2, -0.15) is 0 Å². The summed E-state index contributed by atoms with van der Waals surface area (Å²) in [5.74, 6) is -0.220.